The predicted octanol–water partition coefficient (Wildman–Crippen LogP) is 0.668. The van der Waals surface area contributed by atoms with Gasteiger partial charge in [0.1, 0.15) is 23.3 Å². The fourth-order valence-electron chi connectivity index (χ4n) is 3.04. The molecule has 2 amide bonds. The van der Waals surface area contributed by atoms with Crippen molar-refractivity contribution in [3.05, 3.63) is 28.8 Å². The minimum Gasteiger partial charge on any atom is -0.361 e. The van der Waals surface area contributed by atoms with Crippen molar-refractivity contribution < 1.29 is 14.1 Å². The number of amidine groups is 1. The Morgan fingerprint density at radius 2 is 2.07 bits per heavy atom. The molecule has 0 radical (unpaired) electrons. The number of hydrogen-bond acceptors (Lipinski definition) is 8. The van der Waals surface area contributed by atoms with Crippen LogP contribution < -0.4 is 5.32 Å². The van der Waals surface area contributed by atoms with Gasteiger partial charge in [0.25, 0.3) is 11.9 Å². The molecule has 0 aliphatic carbocycles. The fourth-order valence-corrected chi connectivity index (χ4v) is 3.04. The Bertz CT molecular complexity index is 1050. The number of aliphatic imine (C=N–C) groups is 2. The molecule has 11 nitrogen and oxygen atoms in total. The van der Waals surface area contributed by atoms with Crippen molar-refractivity contribution in [1.29, 1.82) is 0 Å². The number of aryl methyl sites for hydroxylation is 3. The van der Waals surface area contributed by atoms with Gasteiger partial charge in [-0.25, -0.2) is 0 Å². The molecule has 0 aromatic carbocycles. The first-order valence-electron chi connectivity index (χ1n) is 8.61. The van der Waals surface area contributed by atoms with E-state index >= 15 is 0 Å². The van der Waals surface area contributed by atoms with Crippen molar-refractivity contribution in [2.75, 3.05) is 12.4 Å². The summed E-state index contributed by atoms with van der Waals surface area (Å²) in [6, 6.07) is 1.68. The Morgan fingerprint density at radius 3 is 2.79 bits per heavy atom. The number of nitrogens with zero attached hydrogens (tertiary/aromatic N) is 7. The summed E-state index contributed by atoms with van der Waals surface area (Å²) in [5.41, 5.74) is 2.04. The van der Waals surface area contributed by atoms with E-state index in [0.29, 0.717) is 28.8 Å². The van der Waals surface area contributed by atoms with E-state index in [0.717, 1.165) is 5.56 Å². The zero-order chi connectivity index (χ0) is 20.0. The molecule has 2 aliphatic heterocycles. The van der Waals surface area contributed by atoms with E-state index in [2.05, 4.69) is 30.7 Å². The molecular formula is C17H18N8O3. The first-order valence-corrected chi connectivity index (χ1v) is 8.61. The van der Waals surface area contributed by atoms with Crippen LogP contribution in [0.4, 0.5) is 5.82 Å². The number of amides is 2. The SMILES string of the molecule is Cc1cc(NC(=O)Cc2c(C)noc2C)n(C2=NC(=O)C3C=NN(C)C3=N2)n1. The highest BCUT2D eigenvalue weighted by Gasteiger charge is 2.35. The lowest BCUT2D eigenvalue weighted by atomic mass is 10.1. The summed E-state index contributed by atoms with van der Waals surface area (Å²) >= 11 is 0. The number of fused-ring (bicyclic) bond motifs is 1. The second-order valence-electron chi connectivity index (χ2n) is 6.60. The summed E-state index contributed by atoms with van der Waals surface area (Å²) < 4.78 is 6.43. The van der Waals surface area contributed by atoms with E-state index in [4.69, 9.17) is 4.52 Å². The third-order valence-electron chi connectivity index (χ3n) is 4.50. The van der Waals surface area contributed by atoms with E-state index in [1.807, 2.05) is 0 Å². The van der Waals surface area contributed by atoms with E-state index in [9.17, 15) is 9.59 Å². The molecule has 0 saturated carbocycles. The highest BCUT2D eigenvalue weighted by Crippen LogP contribution is 2.20. The van der Waals surface area contributed by atoms with Crippen LogP contribution in [0.5, 0.6) is 0 Å². The second-order valence-corrected chi connectivity index (χ2v) is 6.60. The number of hydrazone groups is 1. The number of nitrogens with one attached hydrogen (secondary N) is 1. The van der Waals surface area contributed by atoms with Gasteiger partial charge in [-0.2, -0.15) is 24.9 Å². The molecule has 1 atom stereocenters. The minimum absolute atomic E-state index is 0.0781. The first-order chi connectivity index (χ1) is 13.3. The number of carbonyl (C=O) groups is 2. The van der Waals surface area contributed by atoms with Gasteiger partial charge in [0.15, 0.2) is 0 Å². The molecule has 0 bridgehead atoms. The van der Waals surface area contributed by atoms with Crippen LogP contribution in [-0.2, 0) is 16.0 Å². The van der Waals surface area contributed by atoms with Crippen LogP contribution in [0.3, 0.4) is 0 Å². The summed E-state index contributed by atoms with van der Waals surface area (Å²) in [6.45, 7) is 5.31. The van der Waals surface area contributed by atoms with Gasteiger partial charge >= 0.3 is 0 Å². The largest absolute Gasteiger partial charge is 0.361 e. The van der Waals surface area contributed by atoms with E-state index < -0.39 is 5.92 Å². The van der Waals surface area contributed by atoms with Crippen molar-refractivity contribution >= 4 is 35.6 Å². The Balaban J connectivity index is 1.60. The molecular weight excluding hydrogens is 364 g/mol. The molecule has 2 aromatic heterocycles. The molecule has 4 rings (SSSR count). The maximum absolute atomic E-state index is 12.5. The van der Waals surface area contributed by atoms with Crippen molar-refractivity contribution in [2.45, 2.75) is 27.2 Å². The van der Waals surface area contributed by atoms with Crippen LogP contribution in [0.25, 0.3) is 0 Å². The number of hydrogen-bond donors (Lipinski definition) is 1. The lowest BCUT2D eigenvalue weighted by molar-refractivity contribution is -0.118. The molecule has 28 heavy (non-hydrogen) atoms. The molecule has 2 aliphatic rings. The molecule has 1 unspecified atom stereocenters. The van der Waals surface area contributed by atoms with Gasteiger partial charge in [-0.15, -0.1) is 0 Å². The van der Waals surface area contributed by atoms with Crippen molar-refractivity contribution in [2.24, 2.45) is 21.0 Å². The zero-order valence-corrected chi connectivity index (χ0v) is 15.8. The zero-order valence-electron chi connectivity index (χ0n) is 15.8. The Kier molecular flexibility index (Phi) is 4.13. The molecule has 1 N–H and O–H groups in total. The highest BCUT2D eigenvalue weighted by molar-refractivity contribution is 6.24. The first kappa shape index (κ1) is 17.8. The third kappa shape index (κ3) is 3.00. The monoisotopic (exact) mass is 382 g/mol. The molecule has 4 heterocycles. The summed E-state index contributed by atoms with van der Waals surface area (Å²) in [7, 11) is 1.70. The van der Waals surface area contributed by atoms with Gasteiger partial charge in [0.2, 0.25) is 5.91 Å². The third-order valence-corrected chi connectivity index (χ3v) is 4.50. The number of anilines is 1. The summed E-state index contributed by atoms with van der Waals surface area (Å²) in [5, 5.41) is 16.5. The normalized spacial score (nSPS) is 18.2. The van der Waals surface area contributed by atoms with Crippen LogP contribution in [0.2, 0.25) is 0 Å². The van der Waals surface area contributed by atoms with E-state index in [-0.39, 0.29) is 24.2 Å². The summed E-state index contributed by atoms with van der Waals surface area (Å²) in [4.78, 5) is 33.2. The highest BCUT2D eigenvalue weighted by atomic mass is 16.5. The average molecular weight is 382 g/mol. The minimum atomic E-state index is -0.581. The van der Waals surface area contributed by atoms with Crippen LogP contribution in [0, 0.1) is 26.7 Å². The molecule has 0 spiro atoms. The topological polar surface area (TPSA) is 130 Å². The van der Waals surface area contributed by atoms with Crippen molar-refractivity contribution in [3.8, 4) is 0 Å². The van der Waals surface area contributed by atoms with Crippen molar-refractivity contribution in [1.82, 2.24) is 19.9 Å². The van der Waals surface area contributed by atoms with E-state index in [1.54, 1.807) is 33.9 Å². The van der Waals surface area contributed by atoms with Gasteiger partial charge in [-0.3, -0.25) is 14.6 Å². The van der Waals surface area contributed by atoms with Crippen LogP contribution >= 0.6 is 0 Å². The summed E-state index contributed by atoms with van der Waals surface area (Å²) in [6.07, 6.45) is 1.60. The Labute approximate surface area is 159 Å². The average Bonchev–Trinajstić information content (AvgIpc) is 3.29. The lowest BCUT2D eigenvalue weighted by Gasteiger charge is -2.17. The molecule has 0 saturated heterocycles. The Hall–Kier alpha value is -3.63. The number of carbonyl (C=O) groups excluding carboxylic acids is 2. The molecule has 0 fully saturated rings. The smallest absolute Gasteiger partial charge is 0.265 e. The van der Waals surface area contributed by atoms with Gasteiger partial charge < -0.3 is 9.84 Å². The maximum Gasteiger partial charge on any atom is 0.265 e. The van der Waals surface area contributed by atoms with Crippen LogP contribution in [-0.4, -0.2) is 56.8 Å². The van der Waals surface area contributed by atoms with Crippen LogP contribution in [0.15, 0.2) is 25.7 Å². The fraction of sp³-hybridized carbons (Fsp3) is 0.353. The predicted molar refractivity (Wildman–Crippen MR) is 100 cm³/mol. The Morgan fingerprint density at radius 1 is 1.29 bits per heavy atom. The lowest BCUT2D eigenvalue weighted by Crippen LogP contribution is -2.35. The quantitative estimate of drug-likeness (QED) is 0.830. The maximum atomic E-state index is 12.5. The number of aromatic nitrogens is 3. The van der Waals surface area contributed by atoms with E-state index in [1.165, 1.54) is 15.9 Å². The standard InChI is InChI=1S/C17H18N8O3/c1-8-5-13(19-14(26)6-11-9(2)23-28-10(11)3)25(22-8)17-20-15-12(16(27)21-17)7-18-24(15)4/h5,7,12H,6H2,1-4H3,(H,19,26). The van der Waals surface area contributed by atoms with Gasteiger partial charge in [-0.05, 0) is 20.8 Å². The molecule has 144 valence electrons. The number of rotatable bonds is 3. The second kappa shape index (κ2) is 6.51. The molecule has 2 aromatic rings. The van der Waals surface area contributed by atoms with Gasteiger partial charge in [0.05, 0.1) is 17.8 Å². The van der Waals surface area contributed by atoms with Gasteiger partial charge in [-0.1, -0.05) is 5.16 Å². The summed E-state index contributed by atoms with van der Waals surface area (Å²) in [5.74, 6) is 0.277. The molecule has 11 heteroatoms. The van der Waals surface area contributed by atoms with Gasteiger partial charge in [0, 0.05) is 24.9 Å². The van der Waals surface area contributed by atoms with Crippen LogP contribution in [0.1, 0.15) is 22.7 Å². The van der Waals surface area contributed by atoms with Crippen molar-refractivity contribution in [3.63, 3.8) is 0 Å².